The van der Waals surface area contributed by atoms with Gasteiger partial charge >= 0.3 is 0 Å². The van der Waals surface area contributed by atoms with E-state index < -0.39 is 0 Å². The van der Waals surface area contributed by atoms with Crippen molar-refractivity contribution in [2.45, 2.75) is 33.2 Å². The molecule has 0 saturated carbocycles. The van der Waals surface area contributed by atoms with E-state index in [1.54, 1.807) is 24.5 Å². The highest BCUT2D eigenvalue weighted by atomic mass is 16.1. The summed E-state index contributed by atoms with van der Waals surface area (Å²) in [5.74, 6) is 0.149. The maximum absolute atomic E-state index is 12.1. The van der Waals surface area contributed by atoms with Crippen LogP contribution in [-0.2, 0) is 0 Å². The second kappa shape index (κ2) is 7.32. The molecule has 1 N–H and O–H groups in total. The molecule has 1 unspecified atom stereocenters. The molecule has 1 heterocycles. The minimum atomic E-state index is 0.0844. The Morgan fingerprint density at radius 2 is 1.73 bits per heavy atom. The molecule has 3 nitrogen and oxygen atoms in total. The van der Waals surface area contributed by atoms with Gasteiger partial charge in [-0.3, -0.25) is 9.78 Å². The SMILES string of the molecule is CC(C)(C)C(NCCC(=O)c1ccncc1)c1ccccc1. The van der Waals surface area contributed by atoms with Gasteiger partial charge in [-0.05, 0) is 23.1 Å². The standard InChI is InChI=1S/C19H24N2O/c1-19(2,3)18(16-7-5-4-6-8-16)21-14-11-17(22)15-9-12-20-13-10-15/h4-10,12-13,18,21H,11,14H2,1-3H3. The number of ketones is 1. The lowest BCUT2D eigenvalue weighted by atomic mass is 9.82. The zero-order valence-electron chi connectivity index (χ0n) is 13.5. The lowest BCUT2D eigenvalue weighted by molar-refractivity contribution is 0.0978. The minimum Gasteiger partial charge on any atom is -0.309 e. The lowest BCUT2D eigenvalue weighted by Gasteiger charge is -2.32. The van der Waals surface area contributed by atoms with Crippen LogP contribution in [0.2, 0.25) is 0 Å². The summed E-state index contributed by atoms with van der Waals surface area (Å²) in [5.41, 5.74) is 2.07. The molecule has 0 bridgehead atoms. The first-order valence-electron chi connectivity index (χ1n) is 7.70. The fourth-order valence-corrected chi connectivity index (χ4v) is 2.58. The van der Waals surface area contributed by atoms with E-state index in [0.29, 0.717) is 13.0 Å². The number of Topliss-reactive ketones (excluding diaryl/α,β-unsaturated/α-hetero) is 1. The molecule has 1 aromatic carbocycles. The fraction of sp³-hybridized carbons (Fsp3) is 0.368. The molecule has 0 aliphatic heterocycles. The van der Waals surface area contributed by atoms with Crippen molar-refractivity contribution >= 4 is 5.78 Å². The molecule has 1 atom stereocenters. The molecule has 0 amide bonds. The third kappa shape index (κ3) is 4.50. The van der Waals surface area contributed by atoms with Crippen LogP contribution in [0.15, 0.2) is 54.9 Å². The van der Waals surface area contributed by atoms with Gasteiger partial charge < -0.3 is 5.32 Å². The van der Waals surface area contributed by atoms with Gasteiger partial charge in [0, 0.05) is 37.0 Å². The van der Waals surface area contributed by atoms with Crippen LogP contribution in [0.3, 0.4) is 0 Å². The second-order valence-electron chi connectivity index (χ2n) is 6.57. The predicted molar refractivity (Wildman–Crippen MR) is 89.8 cm³/mol. The lowest BCUT2D eigenvalue weighted by Crippen LogP contribution is -2.33. The van der Waals surface area contributed by atoms with E-state index in [2.05, 4.69) is 55.3 Å². The number of carbonyl (C=O) groups is 1. The van der Waals surface area contributed by atoms with Crippen LogP contribution in [0.25, 0.3) is 0 Å². The number of aromatic nitrogens is 1. The van der Waals surface area contributed by atoms with E-state index in [-0.39, 0.29) is 17.2 Å². The topological polar surface area (TPSA) is 42.0 Å². The van der Waals surface area contributed by atoms with Crippen molar-refractivity contribution in [3.8, 4) is 0 Å². The van der Waals surface area contributed by atoms with Gasteiger partial charge in [0.05, 0.1) is 0 Å². The Labute approximate surface area is 132 Å². The van der Waals surface area contributed by atoms with Gasteiger partial charge in [-0.1, -0.05) is 51.1 Å². The minimum absolute atomic E-state index is 0.0844. The molecular weight excluding hydrogens is 272 g/mol. The van der Waals surface area contributed by atoms with Crippen molar-refractivity contribution < 1.29 is 4.79 Å². The number of pyridine rings is 1. The Balaban J connectivity index is 1.97. The first kappa shape index (κ1) is 16.4. The number of hydrogen-bond donors (Lipinski definition) is 1. The number of benzene rings is 1. The van der Waals surface area contributed by atoms with Crippen LogP contribution >= 0.6 is 0 Å². The van der Waals surface area contributed by atoms with Crippen LogP contribution in [0.5, 0.6) is 0 Å². The highest BCUT2D eigenvalue weighted by Gasteiger charge is 2.25. The molecule has 0 saturated heterocycles. The summed E-state index contributed by atoms with van der Waals surface area (Å²) in [7, 11) is 0. The van der Waals surface area contributed by atoms with Gasteiger partial charge in [0.1, 0.15) is 0 Å². The molecule has 116 valence electrons. The molecule has 2 rings (SSSR count). The predicted octanol–water partition coefficient (Wildman–Crippen LogP) is 4.03. The van der Waals surface area contributed by atoms with Crippen LogP contribution in [0.1, 0.15) is 49.2 Å². The summed E-state index contributed by atoms with van der Waals surface area (Å²) >= 11 is 0. The molecular formula is C19H24N2O. The van der Waals surface area contributed by atoms with E-state index in [9.17, 15) is 4.79 Å². The molecule has 0 spiro atoms. The zero-order chi connectivity index (χ0) is 16.0. The molecule has 3 heteroatoms. The van der Waals surface area contributed by atoms with Crippen molar-refractivity contribution in [1.29, 1.82) is 0 Å². The van der Waals surface area contributed by atoms with Gasteiger partial charge in [-0.2, -0.15) is 0 Å². The summed E-state index contributed by atoms with van der Waals surface area (Å²) in [6.45, 7) is 7.30. The number of rotatable bonds is 6. The van der Waals surface area contributed by atoms with Crippen LogP contribution in [0, 0.1) is 5.41 Å². The Kier molecular flexibility index (Phi) is 5.45. The van der Waals surface area contributed by atoms with Gasteiger partial charge in [-0.15, -0.1) is 0 Å². The van der Waals surface area contributed by atoms with Crippen molar-refractivity contribution in [3.05, 3.63) is 66.0 Å². The van der Waals surface area contributed by atoms with E-state index >= 15 is 0 Å². The normalized spacial score (nSPS) is 12.9. The second-order valence-corrected chi connectivity index (χ2v) is 6.57. The Bertz CT molecular complexity index is 588. The molecule has 1 aromatic heterocycles. The quantitative estimate of drug-likeness (QED) is 0.818. The molecule has 0 aliphatic rings. The fourth-order valence-electron chi connectivity index (χ4n) is 2.58. The summed E-state index contributed by atoms with van der Waals surface area (Å²) < 4.78 is 0. The molecule has 0 aliphatic carbocycles. The Morgan fingerprint density at radius 3 is 2.32 bits per heavy atom. The average molecular weight is 296 g/mol. The summed E-state index contributed by atoms with van der Waals surface area (Å²) in [5, 5.41) is 3.54. The van der Waals surface area contributed by atoms with E-state index in [0.717, 1.165) is 5.56 Å². The summed E-state index contributed by atoms with van der Waals surface area (Å²) in [6, 6.07) is 14.1. The van der Waals surface area contributed by atoms with Crippen LogP contribution in [-0.4, -0.2) is 17.3 Å². The van der Waals surface area contributed by atoms with Crippen molar-refractivity contribution in [2.75, 3.05) is 6.54 Å². The molecule has 0 fully saturated rings. The van der Waals surface area contributed by atoms with Gasteiger partial charge in [0.15, 0.2) is 5.78 Å². The summed E-state index contributed by atoms with van der Waals surface area (Å²) in [6.07, 6.45) is 3.80. The van der Waals surface area contributed by atoms with Crippen molar-refractivity contribution in [1.82, 2.24) is 10.3 Å². The Hall–Kier alpha value is -2.00. The van der Waals surface area contributed by atoms with E-state index in [1.165, 1.54) is 5.56 Å². The number of carbonyl (C=O) groups excluding carboxylic acids is 1. The highest BCUT2D eigenvalue weighted by molar-refractivity contribution is 5.95. The molecule has 2 aromatic rings. The van der Waals surface area contributed by atoms with Crippen molar-refractivity contribution in [2.24, 2.45) is 5.41 Å². The maximum Gasteiger partial charge on any atom is 0.164 e. The monoisotopic (exact) mass is 296 g/mol. The highest BCUT2D eigenvalue weighted by Crippen LogP contribution is 2.32. The number of hydrogen-bond acceptors (Lipinski definition) is 3. The van der Waals surface area contributed by atoms with Crippen LogP contribution in [0.4, 0.5) is 0 Å². The number of nitrogens with one attached hydrogen (secondary N) is 1. The third-order valence-electron chi connectivity index (χ3n) is 3.70. The average Bonchev–Trinajstić information content (AvgIpc) is 2.52. The zero-order valence-corrected chi connectivity index (χ0v) is 13.5. The number of nitrogens with zero attached hydrogens (tertiary/aromatic N) is 1. The van der Waals surface area contributed by atoms with Gasteiger partial charge in [0.25, 0.3) is 0 Å². The first-order valence-corrected chi connectivity index (χ1v) is 7.70. The van der Waals surface area contributed by atoms with Gasteiger partial charge in [0.2, 0.25) is 0 Å². The smallest absolute Gasteiger partial charge is 0.164 e. The van der Waals surface area contributed by atoms with Crippen molar-refractivity contribution in [3.63, 3.8) is 0 Å². The first-order chi connectivity index (χ1) is 10.5. The van der Waals surface area contributed by atoms with Crippen LogP contribution < -0.4 is 5.32 Å². The van der Waals surface area contributed by atoms with E-state index in [1.807, 2.05) is 6.07 Å². The summed E-state index contributed by atoms with van der Waals surface area (Å²) in [4.78, 5) is 16.1. The maximum atomic E-state index is 12.1. The molecule has 0 radical (unpaired) electrons. The Morgan fingerprint density at radius 1 is 1.09 bits per heavy atom. The largest absolute Gasteiger partial charge is 0.309 e. The third-order valence-corrected chi connectivity index (χ3v) is 3.70. The van der Waals surface area contributed by atoms with Gasteiger partial charge in [-0.25, -0.2) is 0 Å². The van der Waals surface area contributed by atoms with E-state index in [4.69, 9.17) is 0 Å². The molecule has 22 heavy (non-hydrogen) atoms.